The fourth-order valence-electron chi connectivity index (χ4n) is 2.77. The van der Waals surface area contributed by atoms with Crippen LogP contribution in [0.4, 0.5) is 18.0 Å². The highest BCUT2D eigenvalue weighted by Crippen LogP contribution is 2.34. The molecule has 2 unspecified atom stereocenters. The van der Waals surface area contributed by atoms with Gasteiger partial charge in [0.25, 0.3) is 11.3 Å². The molecule has 2 heterocycles. The number of hydrogen-bond acceptors (Lipinski definition) is 5. The zero-order valence-corrected chi connectivity index (χ0v) is 14.8. The third-order valence-corrected chi connectivity index (χ3v) is 5.05. The first-order valence-corrected chi connectivity index (χ1v) is 8.87. The molecule has 2 fully saturated rings. The van der Waals surface area contributed by atoms with Crippen molar-refractivity contribution in [1.82, 2.24) is 9.21 Å². The van der Waals surface area contributed by atoms with Crippen molar-refractivity contribution in [1.29, 1.82) is 0 Å². The van der Waals surface area contributed by atoms with E-state index in [4.69, 9.17) is 8.92 Å². The molecule has 0 aromatic heterocycles. The average molecular weight is 372 g/mol. The molecule has 0 bridgehead atoms. The average Bonchev–Trinajstić information content (AvgIpc) is 2.77. The van der Waals surface area contributed by atoms with E-state index in [1.807, 2.05) is 4.90 Å². The summed E-state index contributed by atoms with van der Waals surface area (Å²) in [7, 11) is 0. The lowest BCUT2D eigenvalue weighted by molar-refractivity contribution is -0.185. The van der Waals surface area contributed by atoms with Gasteiger partial charge in [0.2, 0.25) is 0 Å². The van der Waals surface area contributed by atoms with Gasteiger partial charge in [-0.3, -0.25) is 4.18 Å². The summed E-state index contributed by atoms with van der Waals surface area (Å²) in [5, 5.41) is 0. The Bertz CT molecular complexity index is 487. The number of hydrogen-bond donors (Lipinski definition) is 0. The van der Waals surface area contributed by atoms with Crippen molar-refractivity contribution >= 4 is 17.4 Å². The molecule has 140 valence electrons. The van der Waals surface area contributed by atoms with E-state index in [9.17, 15) is 22.2 Å². The molecular weight excluding hydrogens is 349 g/mol. The first-order chi connectivity index (χ1) is 11.0. The Balaban J connectivity index is 1.92. The third kappa shape index (κ3) is 5.06. The monoisotopic (exact) mass is 372 g/mol. The Morgan fingerprint density at radius 1 is 1.25 bits per heavy atom. The van der Waals surface area contributed by atoms with Crippen molar-refractivity contribution in [2.24, 2.45) is 5.92 Å². The largest absolute Gasteiger partial charge is 0.443 e. The number of alkyl halides is 3. The normalized spacial score (nSPS) is 27.5. The van der Waals surface area contributed by atoms with Gasteiger partial charge in [0.15, 0.2) is 0 Å². The van der Waals surface area contributed by atoms with Crippen molar-refractivity contribution in [3.8, 4) is 0 Å². The predicted molar refractivity (Wildman–Crippen MR) is 81.2 cm³/mol. The number of ether oxygens (including phenoxy) is 1. The molecule has 2 rings (SSSR count). The van der Waals surface area contributed by atoms with E-state index < -0.39 is 41.1 Å². The molecule has 0 aliphatic carbocycles. The van der Waals surface area contributed by atoms with E-state index in [-0.39, 0.29) is 32.5 Å². The van der Waals surface area contributed by atoms with E-state index in [1.54, 1.807) is 20.8 Å². The van der Waals surface area contributed by atoms with E-state index in [2.05, 4.69) is 0 Å². The Morgan fingerprint density at radius 2 is 1.83 bits per heavy atom. The van der Waals surface area contributed by atoms with Crippen LogP contribution in [0.3, 0.4) is 0 Å². The third-order valence-electron chi connectivity index (χ3n) is 3.95. The minimum Gasteiger partial charge on any atom is -0.443 e. The van der Waals surface area contributed by atoms with Crippen LogP contribution in [0.2, 0.25) is 0 Å². The van der Waals surface area contributed by atoms with Gasteiger partial charge in [-0.2, -0.15) is 17.5 Å². The molecule has 2 saturated heterocycles. The predicted octanol–water partition coefficient (Wildman–Crippen LogP) is 2.48. The maximum absolute atomic E-state index is 12.7. The van der Waals surface area contributed by atoms with Gasteiger partial charge in [-0.25, -0.2) is 9.00 Å². The number of carbonyl (C=O) groups is 1. The van der Waals surface area contributed by atoms with E-state index in [0.717, 1.165) is 4.31 Å². The topological polar surface area (TPSA) is 59.1 Å². The highest BCUT2D eigenvalue weighted by Gasteiger charge is 2.43. The number of amides is 1. The maximum Gasteiger partial charge on any atom is 0.424 e. The molecule has 0 aromatic carbocycles. The molecule has 6 nitrogen and oxygen atoms in total. The quantitative estimate of drug-likeness (QED) is 0.745. The Hall–Kier alpha value is -0.870. The maximum atomic E-state index is 12.7. The second-order valence-electron chi connectivity index (χ2n) is 7.08. The van der Waals surface area contributed by atoms with Crippen LogP contribution in [-0.2, 0) is 20.2 Å². The van der Waals surface area contributed by atoms with Gasteiger partial charge in [-0.1, -0.05) is 0 Å². The molecule has 1 amide bonds. The summed E-state index contributed by atoms with van der Waals surface area (Å²) in [6.07, 6.45) is -4.83. The van der Waals surface area contributed by atoms with Crippen LogP contribution >= 0.6 is 0 Å². The molecule has 0 radical (unpaired) electrons. The molecule has 0 N–H and O–H groups in total. The van der Waals surface area contributed by atoms with Crippen molar-refractivity contribution in [3.63, 3.8) is 0 Å². The minimum atomic E-state index is -4.16. The molecule has 2 atom stereocenters. The van der Waals surface area contributed by atoms with Gasteiger partial charge in [-0.05, 0) is 46.7 Å². The van der Waals surface area contributed by atoms with Crippen LogP contribution in [0.25, 0.3) is 0 Å². The Labute approximate surface area is 142 Å². The van der Waals surface area contributed by atoms with Crippen molar-refractivity contribution in [3.05, 3.63) is 0 Å². The standard InChI is InChI=1S/C14H23F3N2O4S/c1-13(2,3)23-12(20)19-11(9-22-24(19)21)8-18-6-4-10(5-7-18)14(15,16)17/h10-11H,4-9H2,1-3H3. The number of likely N-dealkylation sites (tertiary alicyclic amines) is 1. The summed E-state index contributed by atoms with van der Waals surface area (Å²) in [6, 6.07) is -0.497. The molecule has 0 saturated carbocycles. The molecule has 0 aromatic rings. The summed E-state index contributed by atoms with van der Waals surface area (Å²) in [4.78, 5) is 14.0. The van der Waals surface area contributed by atoms with Crippen LogP contribution in [0, 0.1) is 5.92 Å². The van der Waals surface area contributed by atoms with Gasteiger partial charge >= 0.3 is 12.3 Å². The first-order valence-electron chi connectivity index (χ1n) is 7.84. The Kier molecular flexibility index (Phi) is 5.81. The van der Waals surface area contributed by atoms with Gasteiger partial charge < -0.3 is 9.64 Å². The number of nitrogens with zero attached hydrogens (tertiary/aromatic N) is 2. The van der Waals surface area contributed by atoms with Crippen LogP contribution < -0.4 is 0 Å². The second-order valence-corrected chi connectivity index (χ2v) is 8.14. The van der Waals surface area contributed by atoms with E-state index >= 15 is 0 Å². The summed E-state index contributed by atoms with van der Waals surface area (Å²) >= 11 is -1.93. The Morgan fingerprint density at radius 3 is 2.33 bits per heavy atom. The van der Waals surface area contributed by atoms with Crippen LogP contribution in [-0.4, -0.2) is 63.6 Å². The van der Waals surface area contributed by atoms with Gasteiger partial charge in [0.1, 0.15) is 5.60 Å². The second kappa shape index (κ2) is 7.17. The lowest BCUT2D eigenvalue weighted by atomic mass is 9.96. The van der Waals surface area contributed by atoms with Crippen LogP contribution in [0.1, 0.15) is 33.6 Å². The highest BCUT2D eigenvalue weighted by molar-refractivity contribution is 7.78. The molecular formula is C14H23F3N2O4S. The zero-order valence-electron chi connectivity index (χ0n) is 14.0. The smallest absolute Gasteiger partial charge is 0.424 e. The number of rotatable bonds is 2. The van der Waals surface area contributed by atoms with Crippen molar-refractivity contribution < 1.29 is 31.1 Å². The first kappa shape index (κ1) is 19.5. The van der Waals surface area contributed by atoms with Gasteiger partial charge in [0, 0.05) is 6.54 Å². The summed E-state index contributed by atoms with van der Waals surface area (Å²) < 4.78 is 61.3. The molecule has 2 aliphatic rings. The number of carbonyl (C=O) groups excluding carboxylic acids is 1. The zero-order chi connectivity index (χ0) is 18.1. The summed E-state index contributed by atoms with van der Waals surface area (Å²) in [5.41, 5.74) is -0.737. The lowest BCUT2D eigenvalue weighted by Crippen LogP contribution is -2.48. The lowest BCUT2D eigenvalue weighted by Gasteiger charge is -2.35. The fourth-order valence-corrected chi connectivity index (χ4v) is 3.68. The summed E-state index contributed by atoms with van der Waals surface area (Å²) in [6.45, 7) is 6.05. The minimum absolute atomic E-state index is 0.0343. The van der Waals surface area contributed by atoms with E-state index in [1.165, 1.54) is 0 Å². The van der Waals surface area contributed by atoms with Crippen LogP contribution in [0.15, 0.2) is 0 Å². The fraction of sp³-hybridized carbons (Fsp3) is 0.929. The van der Waals surface area contributed by atoms with Gasteiger partial charge in [-0.15, -0.1) is 0 Å². The molecule has 0 spiro atoms. The molecule has 2 aliphatic heterocycles. The number of piperidine rings is 1. The SMILES string of the molecule is CC(C)(C)OC(=O)N1C(CN2CCC(C(F)(F)F)CC2)COS1=O. The molecule has 10 heteroatoms. The van der Waals surface area contributed by atoms with Crippen molar-refractivity contribution in [2.75, 3.05) is 26.2 Å². The van der Waals surface area contributed by atoms with Gasteiger partial charge in [0.05, 0.1) is 18.6 Å². The van der Waals surface area contributed by atoms with Crippen LogP contribution in [0.5, 0.6) is 0 Å². The number of halogens is 3. The van der Waals surface area contributed by atoms with E-state index in [0.29, 0.717) is 6.54 Å². The van der Waals surface area contributed by atoms with Crippen molar-refractivity contribution in [2.45, 2.75) is 51.4 Å². The summed E-state index contributed by atoms with van der Waals surface area (Å²) in [5.74, 6) is -1.27. The molecule has 24 heavy (non-hydrogen) atoms. The highest BCUT2D eigenvalue weighted by atomic mass is 32.2.